The van der Waals surface area contributed by atoms with Crippen LogP contribution in [0.15, 0.2) is 36.8 Å². The number of methoxy groups -OCH3 is 1. The molecule has 0 bridgehead atoms. The lowest BCUT2D eigenvalue weighted by Crippen LogP contribution is -2.49. The highest BCUT2D eigenvalue weighted by molar-refractivity contribution is 6.07. The van der Waals surface area contributed by atoms with E-state index in [1.54, 1.807) is 31.1 Å². The number of aromatic nitrogens is 5. The van der Waals surface area contributed by atoms with Crippen molar-refractivity contribution in [1.82, 2.24) is 34.5 Å². The molecule has 2 aliphatic rings. The number of aryl methyl sites for hydroxylation is 2. The lowest BCUT2D eigenvalue weighted by Gasteiger charge is -2.37. The van der Waals surface area contributed by atoms with Gasteiger partial charge in [0, 0.05) is 49.4 Å². The number of carbonyl (C=O) groups is 1. The molecule has 42 heavy (non-hydrogen) atoms. The second-order valence-electron chi connectivity index (χ2n) is 11.8. The van der Waals surface area contributed by atoms with Gasteiger partial charge in [-0.15, -0.1) is 5.10 Å². The van der Waals surface area contributed by atoms with Gasteiger partial charge in [0.05, 0.1) is 36.2 Å². The van der Waals surface area contributed by atoms with Crippen LogP contribution in [-0.2, 0) is 11.8 Å². The van der Waals surface area contributed by atoms with Crippen molar-refractivity contribution in [2.45, 2.75) is 50.9 Å². The van der Waals surface area contributed by atoms with Crippen LogP contribution in [0.3, 0.4) is 0 Å². The average molecular weight is 576 g/mol. The molecule has 6 rings (SSSR count). The molecule has 2 aliphatic heterocycles. The van der Waals surface area contributed by atoms with E-state index in [9.17, 15) is 4.79 Å². The third-order valence-corrected chi connectivity index (χ3v) is 8.43. The first-order chi connectivity index (χ1) is 20.1. The summed E-state index contributed by atoms with van der Waals surface area (Å²) < 4.78 is 22.3. The Labute approximate surface area is 244 Å². The minimum absolute atomic E-state index is 0.172. The number of halogens is 1. The predicted octanol–water partition coefficient (Wildman–Crippen LogP) is 4.25. The van der Waals surface area contributed by atoms with Crippen molar-refractivity contribution in [3.8, 4) is 17.1 Å². The zero-order valence-electron chi connectivity index (χ0n) is 24.7. The Morgan fingerprint density at radius 1 is 1.21 bits per heavy atom. The molecule has 2 unspecified atom stereocenters. The van der Waals surface area contributed by atoms with E-state index in [4.69, 9.17) is 9.72 Å². The first-order valence-electron chi connectivity index (χ1n) is 14.3. The molecule has 12 heteroatoms. The number of ether oxygens (including phenoxy) is 1. The zero-order chi connectivity index (χ0) is 29.6. The molecule has 2 fully saturated rings. The Hall–Kier alpha value is -4.03. The first kappa shape index (κ1) is 28.1. The van der Waals surface area contributed by atoms with E-state index in [1.807, 2.05) is 38.4 Å². The van der Waals surface area contributed by atoms with E-state index < -0.39 is 11.7 Å². The molecule has 2 atom stereocenters. The molecule has 4 aromatic rings. The SMILES string of the molecule is COc1nn(C)cc1Nc1ncc(C)c(-c2c[nH]c3c(NC(=O)C4CC(C)(F)CN4C4CCN(C)CC4)cccc23)n1. The lowest BCUT2D eigenvalue weighted by atomic mass is 10.0. The van der Waals surface area contributed by atoms with Gasteiger partial charge in [0.2, 0.25) is 11.9 Å². The number of nitrogens with zero attached hydrogens (tertiary/aromatic N) is 6. The maximum Gasteiger partial charge on any atom is 0.256 e. The Bertz CT molecular complexity index is 1610. The molecule has 0 aliphatic carbocycles. The topological polar surface area (TPSA) is 116 Å². The van der Waals surface area contributed by atoms with Crippen LogP contribution in [0.5, 0.6) is 5.88 Å². The fourth-order valence-corrected chi connectivity index (χ4v) is 6.30. The van der Waals surface area contributed by atoms with Crippen LogP contribution in [0.1, 0.15) is 31.7 Å². The molecule has 11 nitrogen and oxygen atoms in total. The number of benzene rings is 1. The van der Waals surface area contributed by atoms with Crippen molar-refractivity contribution in [2.24, 2.45) is 7.05 Å². The first-order valence-corrected chi connectivity index (χ1v) is 14.3. The van der Waals surface area contributed by atoms with Crippen LogP contribution in [-0.4, -0.2) is 92.0 Å². The number of rotatable bonds is 7. The van der Waals surface area contributed by atoms with E-state index in [-0.39, 0.29) is 24.9 Å². The number of nitrogens with one attached hydrogen (secondary N) is 3. The number of H-pyrrole nitrogens is 1. The lowest BCUT2D eigenvalue weighted by molar-refractivity contribution is -0.121. The quantitative estimate of drug-likeness (QED) is 0.300. The minimum Gasteiger partial charge on any atom is -0.478 e. The number of alkyl halides is 1. The number of likely N-dealkylation sites (tertiary alicyclic amines) is 2. The van der Waals surface area contributed by atoms with Crippen molar-refractivity contribution < 1.29 is 13.9 Å². The van der Waals surface area contributed by atoms with Gasteiger partial charge in [-0.1, -0.05) is 12.1 Å². The molecule has 1 aromatic carbocycles. The van der Waals surface area contributed by atoms with Crippen LogP contribution < -0.4 is 15.4 Å². The molecular weight excluding hydrogens is 537 g/mol. The van der Waals surface area contributed by atoms with Gasteiger partial charge in [-0.3, -0.25) is 14.4 Å². The fourth-order valence-electron chi connectivity index (χ4n) is 6.30. The molecule has 2 saturated heterocycles. The Morgan fingerprint density at radius 3 is 2.76 bits per heavy atom. The van der Waals surface area contributed by atoms with Gasteiger partial charge in [-0.05, 0) is 58.5 Å². The van der Waals surface area contributed by atoms with Crippen LogP contribution in [0.4, 0.5) is 21.7 Å². The summed E-state index contributed by atoms with van der Waals surface area (Å²) in [6, 6.07) is 5.47. The highest BCUT2D eigenvalue weighted by atomic mass is 19.1. The Morgan fingerprint density at radius 2 is 2.00 bits per heavy atom. The second kappa shape index (κ2) is 11.0. The van der Waals surface area contributed by atoms with Crippen LogP contribution in [0.25, 0.3) is 22.2 Å². The molecule has 3 aromatic heterocycles. The number of para-hydroxylation sites is 1. The average Bonchev–Trinajstić information content (AvgIpc) is 3.64. The summed E-state index contributed by atoms with van der Waals surface area (Å²) in [6.07, 6.45) is 7.52. The molecule has 1 amide bonds. The summed E-state index contributed by atoms with van der Waals surface area (Å²) in [5, 5.41) is 11.5. The van der Waals surface area contributed by atoms with Crippen LogP contribution in [0, 0.1) is 6.92 Å². The summed E-state index contributed by atoms with van der Waals surface area (Å²) >= 11 is 0. The van der Waals surface area contributed by atoms with Crippen molar-refractivity contribution in [3.05, 3.63) is 42.4 Å². The third-order valence-electron chi connectivity index (χ3n) is 8.43. The Balaban J connectivity index is 1.26. The van der Waals surface area contributed by atoms with Gasteiger partial charge in [0.1, 0.15) is 11.4 Å². The Kier molecular flexibility index (Phi) is 7.36. The highest BCUT2D eigenvalue weighted by Crippen LogP contribution is 2.37. The minimum atomic E-state index is -1.40. The van der Waals surface area contributed by atoms with Crippen LogP contribution >= 0.6 is 0 Å². The van der Waals surface area contributed by atoms with E-state index in [2.05, 4.69) is 42.5 Å². The maximum atomic E-state index is 15.3. The van der Waals surface area contributed by atoms with Gasteiger partial charge in [0.15, 0.2) is 0 Å². The summed E-state index contributed by atoms with van der Waals surface area (Å²) in [5.74, 6) is 0.680. The number of amides is 1. The highest BCUT2D eigenvalue weighted by Gasteiger charge is 2.47. The fraction of sp³-hybridized carbons (Fsp3) is 0.467. The van der Waals surface area contributed by atoms with E-state index in [0.717, 1.165) is 53.7 Å². The number of piperidine rings is 1. The van der Waals surface area contributed by atoms with Gasteiger partial charge >= 0.3 is 0 Å². The molecule has 0 radical (unpaired) electrons. The number of hydrogen-bond donors (Lipinski definition) is 3. The van der Waals surface area contributed by atoms with Crippen LogP contribution in [0.2, 0.25) is 0 Å². The number of aromatic amines is 1. The molecule has 222 valence electrons. The van der Waals surface area contributed by atoms with Gasteiger partial charge in [-0.2, -0.15) is 0 Å². The smallest absolute Gasteiger partial charge is 0.256 e. The van der Waals surface area contributed by atoms with E-state index in [0.29, 0.717) is 23.2 Å². The number of carbonyl (C=O) groups excluding carboxylic acids is 1. The van der Waals surface area contributed by atoms with Crippen molar-refractivity contribution >= 4 is 34.1 Å². The van der Waals surface area contributed by atoms with Crippen molar-refractivity contribution in [2.75, 3.05) is 44.4 Å². The summed E-state index contributed by atoms with van der Waals surface area (Å²) in [7, 11) is 5.48. The van der Waals surface area contributed by atoms with E-state index >= 15 is 4.39 Å². The van der Waals surface area contributed by atoms with Gasteiger partial charge in [-0.25, -0.2) is 14.4 Å². The van der Waals surface area contributed by atoms with Crippen molar-refractivity contribution in [3.63, 3.8) is 0 Å². The molecule has 0 saturated carbocycles. The molecule has 5 heterocycles. The number of hydrogen-bond acceptors (Lipinski definition) is 8. The molecule has 3 N–H and O–H groups in total. The zero-order valence-corrected chi connectivity index (χ0v) is 24.7. The van der Waals surface area contributed by atoms with Gasteiger partial charge in [0.25, 0.3) is 5.88 Å². The largest absolute Gasteiger partial charge is 0.478 e. The van der Waals surface area contributed by atoms with E-state index in [1.165, 1.54) is 0 Å². The second-order valence-corrected chi connectivity index (χ2v) is 11.8. The normalized spacial score (nSPS) is 22.1. The summed E-state index contributed by atoms with van der Waals surface area (Å²) in [4.78, 5) is 30.7. The summed E-state index contributed by atoms with van der Waals surface area (Å²) in [5.41, 5.74) is 3.24. The third kappa shape index (κ3) is 5.43. The van der Waals surface area contributed by atoms with Crippen molar-refractivity contribution in [1.29, 1.82) is 0 Å². The standard InChI is InChI=1S/C30H38FN9O2/c1-18-14-33-29(35-23-16-39(4)37-28(23)42-5)36-25(18)21-15-32-26-20(21)7-6-8-22(26)34-27(41)24-13-30(2,31)17-40(24)19-9-11-38(3)12-10-19/h6-8,14-16,19,24,32H,9-13,17H2,1-5H3,(H,34,41)(H,33,35,36). The van der Waals surface area contributed by atoms with Gasteiger partial charge < -0.3 is 25.3 Å². The monoisotopic (exact) mass is 575 g/mol. The number of anilines is 3. The maximum absolute atomic E-state index is 15.3. The molecular formula is C30H38FN9O2. The molecule has 0 spiro atoms. The summed E-state index contributed by atoms with van der Waals surface area (Å²) in [6.45, 7) is 5.76. The predicted molar refractivity (Wildman–Crippen MR) is 161 cm³/mol. The number of fused-ring (bicyclic) bond motifs is 1.